The van der Waals surface area contributed by atoms with Gasteiger partial charge in [-0.05, 0) is 17.7 Å². The fourth-order valence-electron chi connectivity index (χ4n) is 1.55. The van der Waals surface area contributed by atoms with Crippen LogP contribution >= 0.6 is 0 Å². The molecule has 1 amide bonds. The first-order valence-electron chi connectivity index (χ1n) is 5.40. The number of hydrogen-bond donors (Lipinski definition) is 2. The van der Waals surface area contributed by atoms with Crippen LogP contribution in [0.4, 0.5) is 10.1 Å². The van der Waals surface area contributed by atoms with E-state index in [0.717, 1.165) is 17.8 Å². The lowest BCUT2D eigenvalue weighted by atomic mass is 10.1. The molecule has 1 aromatic heterocycles. The summed E-state index contributed by atoms with van der Waals surface area (Å²) in [5.74, 6) is -0.960. The second kappa shape index (κ2) is 5.37. The number of carbonyl (C=O) groups excluding carboxylic acids is 1. The van der Waals surface area contributed by atoms with Crippen LogP contribution in [-0.2, 0) is 6.54 Å². The summed E-state index contributed by atoms with van der Waals surface area (Å²) < 4.78 is 12.9. The molecule has 0 aliphatic rings. The van der Waals surface area contributed by atoms with E-state index in [1.54, 1.807) is 12.1 Å². The van der Waals surface area contributed by atoms with Crippen molar-refractivity contribution < 1.29 is 9.18 Å². The number of nitrogens with zero attached hydrogens (tertiary/aromatic N) is 1. The molecular formula is C13H12FN3O. The zero-order chi connectivity index (χ0) is 13.0. The number of amides is 1. The molecule has 18 heavy (non-hydrogen) atoms. The molecule has 2 aromatic rings. The van der Waals surface area contributed by atoms with E-state index in [1.807, 2.05) is 12.1 Å². The molecule has 0 atom stereocenters. The van der Waals surface area contributed by atoms with Gasteiger partial charge in [0, 0.05) is 18.4 Å². The number of hydrogen-bond acceptors (Lipinski definition) is 3. The van der Waals surface area contributed by atoms with Gasteiger partial charge < -0.3 is 11.1 Å². The fourth-order valence-corrected chi connectivity index (χ4v) is 1.55. The molecule has 1 aromatic carbocycles. The molecule has 0 saturated carbocycles. The number of pyridine rings is 1. The first-order chi connectivity index (χ1) is 8.70. The summed E-state index contributed by atoms with van der Waals surface area (Å²) in [6.45, 7) is 0.317. The maximum atomic E-state index is 12.9. The predicted molar refractivity (Wildman–Crippen MR) is 66.5 cm³/mol. The Hall–Kier alpha value is -2.27. The van der Waals surface area contributed by atoms with E-state index in [0.29, 0.717) is 12.2 Å². The number of nitrogens with two attached hydrogens (primary N) is 1. The van der Waals surface area contributed by atoms with Crippen molar-refractivity contribution in [1.29, 1.82) is 0 Å². The molecule has 4 nitrogen and oxygen atoms in total. The summed E-state index contributed by atoms with van der Waals surface area (Å²) in [5.41, 5.74) is 7.17. The molecule has 0 bridgehead atoms. The molecule has 3 N–H and O–H groups in total. The quantitative estimate of drug-likeness (QED) is 0.868. The normalized spacial score (nSPS) is 10.1. The SMILES string of the molecule is NCc1ccccc1NC(=O)c1cncc(F)c1. The van der Waals surface area contributed by atoms with E-state index >= 15 is 0 Å². The number of halogens is 1. The van der Waals surface area contributed by atoms with Crippen LogP contribution in [0, 0.1) is 5.82 Å². The van der Waals surface area contributed by atoms with Crippen molar-refractivity contribution in [2.75, 3.05) is 5.32 Å². The molecule has 0 aliphatic carbocycles. The highest BCUT2D eigenvalue weighted by Crippen LogP contribution is 2.15. The van der Waals surface area contributed by atoms with Gasteiger partial charge in [-0.2, -0.15) is 0 Å². The highest BCUT2D eigenvalue weighted by atomic mass is 19.1. The maximum Gasteiger partial charge on any atom is 0.257 e. The Kier molecular flexibility index (Phi) is 3.64. The van der Waals surface area contributed by atoms with Gasteiger partial charge in [0.15, 0.2) is 0 Å². The standard InChI is InChI=1S/C13H12FN3O/c14-11-5-10(7-16-8-11)13(18)17-12-4-2-1-3-9(12)6-15/h1-5,7-8H,6,15H2,(H,17,18). The average molecular weight is 245 g/mol. The van der Waals surface area contributed by atoms with E-state index < -0.39 is 11.7 Å². The van der Waals surface area contributed by atoms with E-state index in [2.05, 4.69) is 10.3 Å². The summed E-state index contributed by atoms with van der Waals surface area (Å²) in [5, 5.41) is 2.68. The zero-order valence-corrected chi connectivity index (χ0v) is 9.56. The lowest BCUT2D eigenvalue weighted by Gasteiger charge is -2.09. The Morgan fingerprint density at radius 1 is 1.33 bits per heavy atom. The average Bonchev–Trinajstić information content (AvgIpc) is 2.39. The van der Waals surface area contributed by atoms with Crippen LogP contribution < -0.4 is 11.1 Å². The molecule has 5 heteroatoms. The van der Waals surface area contributed by atoms with Crippen LogP contribution in [0.15, 0.2) is 42.7 Å². The lowest BCUT2D eigenvalue weighted by molar-refractivity contribution is 0.102. The van der Waals surface area contributed by atoms with E-state index in [9.17, 15) is 9.18 Å². The molecule has 0 fully saturated rings. The molecule has 0 spiro atoms. The van der Waals surface area contributed by atoms with Gasteiger partial charge in [-0.3, -0.25) is 9.78 Å². The zero-order valence-electron chi connectivity index (χ0n) is 9.56. The molecular weight excluding hydrogens is 233 g/mol. The minimum atomic E-state index is -0.547. The molecule has 2 rings (SSSR count). The third-order valence-electron chi connectivity index (χ3n) is 2.45. The topological polar surface area (TPSA) is 68.0 Å². The van der Waals surface area contributed by atoms with Gasteiger partial charge in [0.2, 0.25) is 0 Å². The minimum Gasteiger partial charge on any atom is -0.326 e. The Morgan fingerprint density at radius 3 is 2.83 bits per heavy atom. The minimum absolute atomic E-state index is 0.168. The van der Waals surface area contributed by atoms with Gasteiger partial charge in [0.25, 0.3) is 5.91 Å². The van der Waals surface area contributed by atoms with Crippen molar-refractivity contribution in [2.45, 2.75) is 6.54 Å². The van der Waals surface area contributed by atoms with E-state index in [-0.39, 0.29) is 5.56 Å². The van der Waals surface area contributed by atoms with Gasteiger partial charge in [-0.1, -0.05) is 18.2 Å². The van der Waals surface area contributed by atoms with Crippen LogP contribution in [0.3, 0.4) is 0 Å². The highest BCUT2D eigenvalue weighted by molar-refractivity contribution is 6.04. The van der Waals surface area contributed by atoms with Crippen LogP contribution in [0.5, 0.6) is 0 Å². The van der Waals surface area contributed by atoms with Crippen molar-refractivity contribution in [1.82, 2.24) is 4.98 Å². The Labute approximate surface area is 104 Å². The van der Waals surface area contributed by atoms with Gasteiger partial charge in [0.1, 0.15) is 5.82 Å². The summed E-state index contributed by atoms with van der Waals surface area (Å²) in [6.07, 6.45) is 2.36. The monoisotopic (exact) mass is 245 g/mol. The second-order valence-corrected chi connectivity index (χ2v) is 3.71. The summed E-state index contributed by atoms with van der Waals surface area (Å²) in [4.78, 5) is 15.5. The van der Waals surface area contributed by atoms with Crippen molar-refractivity contribution in [3.05, 3.63) is 59.7 Å². The van der Waals surface area contributed by atoms with Crippen molar-refractivity contribution in [2.24, 2.45) is 5.73 Å². The van der Waals surface area contributed by atoms with Crippen molar-refractivity contribution in [3.8, 4) is 0 Å². The molecule has 0 saturated heterocycles. The van der Waals surface area contributed by atoms with E-state index in [4.69, 9.17) is 5.73 Å². The van der Waals surface area contributed by atoms with Gasteiger partial charge in [-0.25, -0.2) is 4.39 Å². The fraction of sp³-hybridized carbons (Fsp3) is 0.0769. The number of anilines is 1. The summed E-state index contributed by atoms with van der Waals surface area (Å²) in [6, 6.07) is 8.32. The molecule has 0 radical (unpaired) electrons. The first kappa shape index (κ1) is 12.2. The Morgan fingerprint density at radius 2 is 2.11 bits per heavy atom. The highest BCUT2D eigenvalue weighted by Gasteiger charge is 2.09. The number of benzene rings is 1. The summed E-state index contributed by atoms with van der Waals surface area (Å²) in [7, 11) is 0. The Balaban J connectivity index is 2.21. The van der Waals surface area contributed by atoms with Crippen LogP contribution in [-0.4, -0.2) is 10.9 Å². The number of aromatic nitrogens is 1. The number of para-hydroxylation sites is 1. The third-order valence-corrected chi connectivity index (χ3v) is 2.45. The van der Waals surface area contributed by atoms with Crippen LogP contribution in [0.25, 0.3) is 0 Å². The largest absolute Gasteiger partial charge is 0.326 e. The van der Waals surface area contributed by atoms with Crippen molar-refractivity contribution >= 4 is 11.6 Å². The predicted octanol–water partition coefficient (Wildman–Crippen LogP) is 1.93. The number of rotatable bonds is 3. The summed E-state index contributed by atoms with van der Waals surface area (Å²) >= 11 is 0. The van der Waals surface area contributed by atoms with Gasteiger partial charge >= 0.3 is 0 Å². The third kappa shape index (κ3) is 2.70. The first-order valence-corrected chi connectivity index (χ1v) is 5.40. The maximum absolute atomic E-state index is 12.9. The lowest BCUT2D eigenvalue weighted by Crippen LogP contribution is -2.14. The molecule has 92 valence electrons. The van der Waals surface area contributed by atoms with Crippen molar-refractivity contribution in [3.63, 3.8) is 0 Å². The van der Waals surface area contributed by atoms with E-state index in [1.165, 1.54) is 6.20 Å². The van der Waals surface area contributed by atoms with Crippen LogP contribution in [0.2, 0.25) is 0 Å². The van der Waals surface area contributed by atoms with Gasteiger partial charge in [0.05, 0.1) is 11.8 Å². The molecule has 0 aliphatic heterocycles. The Bertz CT molecular complexity index is 572. The van der Waals surface area contributed by atoms with Crippen LogP contribution in [0.1, 0.15) is 15.9 Å². The number of nitrogens with one attached hydrogen (secondary N) is 1. The van der Waals surface area contributed by atoms with Gasteiger partial charge in [-0.15, -0.1) is 0 Å². The smallest absolute Gasteiger partial charge is 0.257 e. The molecule has 0 unspecified atom stereocenters. The number of carbonyl (C=O) groups is 1. The second-order valence-electron chi connectivity index (χ2n) is 3.71. The molecule has 1 heterocycles.